The second-order valence-corrected chi connectivity index (χ2v) is 7.21. The van der Waals surface area contributed by atoms with E-state index in [0.29, 0.717) is 12.1 Å². The summed E-state index contributed by atoms with van der Waals surface area (Å²) in [6.45, 7) is 7.00. The Balaban J connectivity index is 1.85. The van der Waals surface area contributed by atoms with Crippen LogP contribution in [0.3, 0.4) is 0 Å². The van der Waals surface area contributed by atoms with Crippen LogP contribution in [0, 0.1) is 11.8 Å². The van der Waals surface area contributed by atoms with Crippen LogP contribution >= 0.6 is 15.9 Å². The SMILES string of the molecule is CC(C)C1CCC(N[C@H](C)c2cccc(Br)c2)CC1. The maximum absolute atomic E-state index is 3.80. The van der Waals surface area contributed by atoms with E-state index in [4.69, 9.17) is 0 Å². The first-order valence-corrected chi connectivity index (χ1v) is 8.37. The summed E-state index contributed by atoms with van der Waals surface area (Å²) in [5.41, 5.74) is 1.38. The molecule has 0 saturated heterocycles. The van der Waals surface area contributed by atoms with E-state index in [0.717, 1.165) is 11.8 Å². The summed E-state index contributed by atoms with van der Waals surface area (Å²) in [6, 6.07) is 9.78. The van der Waals surface area contributed by atoms with E-state index in [1.54, 1.807) is 0 Å². The number of halogens is 1. The largest absolute Gasteiger partial charge is 0.307 e. The topological polar surface area (TPSA) is 12.0 Å². The molecule has 1 aromatic carbocycles. The molecule has 0 amide bonds. The van der Waals surface area contributed by atoms with Crippen molar-refractivity contribution in [2.45, 2.75) is 58.5 Å². The fourth-order valence-corrected chi connectivity index (χ4v) is 3.60. The summed E-state index contributed by atoms with van der Waals surface area (Å²) < 4.78 is 1.17. The van der Waals surface area contributed by atoms with Crippen LogP contribution in [-0.2, 0) is 0 Å². The summed E-state index contributed by atoms with van der Waals surface area (Å²) in [5, 5.41) is 3.80. The van der Waals surface area contributed by atoms with Crippen molar-refractivity contribution < 1.29 is 0 Å². The van der Waals surface area contributed by atoms with Gasteiger partial charge in [0.2, 0.25) is 0 Å². The van der Waals surface area contributed by atoms with E-state index in [2.05, 4.69) is 66.3 Å². The van der Waals surface area contributed by atoms with Crippen molar-refractivity contribution in [2.75, 3.05) is 0 Å². The zero-order valence-electron chi connectivity index (χ0n) is 12.3. The third-order valence-electron chi connectivity index (χ3n) is 4.55. The smallest absolute Gasteiger partial charge is 0.0294 e. The van der Waals surface area contributed by atoms with Crippen LogP contribution in [-0.4, -0.2) is 6.04 Å². The molecule has 0 heterocycles. The minimum Gasteiger partial charge on any atom is -0.307 e. The van der Waals surface area contributed by atoms with Gasteiger partial charge in [0, 0.05) is 16.6 Å². The number of benzene rings is 1. The van der Waals surface area contributed by atoms with E-state index in [9.17, 15) is 0 Å². The molecule has 106 valence electrons. The summed E-state index contributed by atoms with van der Waals surface area (Å²) in [6.07, 6.45) is 5.45. The van der Waals surface area contributed by atoms with Crippen molar-refractivity contribution in [1.29, 1.82) is 0 Å². The molecule has 1 nitrogen and oxygen atoms in total. The first-order valence-electron chi connectivity index (χ1n) is 7.57. The first kappa shape index (κ1) is 15.1. The molecular formula is C17H26BrN. The lowest BCUT2D eigenvalue weighted by atomic mass is 9.79. The molecule has 0 radical (unpaired) electrons. The van der Waals surface area contributed by atoms with Crippen LogP contribution < -0.4 is 5.32 Å². The van der Waals surface area contributed by atoms with Crippen molar-refractivity contribution >= 4 is 15.9 Å². The van der Waals surface area contributed by atoms with Crippen molar-refractivity contribution in [1.82, 2.24) is 5.32 Å². The normalized spacial score (nSPS) is 25.5. The zero-order chi connectivity index (χ0) is 13.8. The lowest BCUT2D eigenvalue weighted by molar-refractivity contribution is 0.231. The second kappa shape index (κ2) is 6.90. The van der Waals surface area contributed by atoms with E-state index in [1.165, 1.54) is 35.7 Å². The summed E-state index contributed by atoms with van der Waals surface area (Å²) in [5.74, 6) is 1.79. The lowest BCUT2D eigenvalue weighted by Crippen LogP contribution is -2.35. The lowest BCUT2D eigenvalue weighted by Gasteiger charge is -2.33. The number of nitrogens with one attached hydrogen (secondary N) is 1. The fourth-order valence-electron chi connectivity index (χ4n) is 3.18. The van der Waals surface area contributed by atoms with Gasteiger partial charge in [0.1, 0.15) is 0 Å². The van der Waals surface area contributed by atoms with Crippen LogP contribution in [0.2, 0.25) is 0 Å². The quantitative estimate of drug-likeness (QED) is 0.791. The van der Waals surface area contributed by atoms with Crippen LogP contribution in [0.5, 0.6) is 0 Å². The molecule has 0 bridgehead atoms. The number of hydrogen-bond donors (Lipinski definition) is 1. The Morgan fingerprint density at radius 1 is 1.11 bits per heavy atom. The molecular weight excluding hydrogens is 298 g/mol. The molecule has 0 aliphatic heterocycles. The van der Waals surface area contributed by atoms with E-state index in [-0.39, 0.29) is 0 Å². The van der Waals surface area contributed by atoms with E-state index >= 15 is 0 Å². The molecule has 1 aromatic rings. The van der Waals surface area contributed by atoms with E-state index in [1.807, 2.05) is 0 Å². The van der Waals surface area contributed by atoms with Gasteiger partial charge in [-0.2, -0.15) is 0 Å². The molecule has 0 unspecified atom stereocenters. The van der Waals surface area contributed by atoms with Crippen LogP contribution in [0.25, 0.3) is 0 Å². The molecule has 2 heteroatoms. The third-order valence-corrected chi connectivity index (χ3v) is 5.04. The van der Waals surface area contributed by atoms with Gasteiger partial charge in [0.05, 0.1) is 0 Å². The average Bonchev–Trinajstić information content (AvgIpc) is 2.39. The molecule has 2 rings (SSSR count). The Morgan fingerprint density at radius 3 is 2.37 bits per heavy atom. The Labute approximate surface area is 126 Å². The predicted molar refractivity (Wildman–Crippen MR) is 86.3 cm³/mol. The Morgan fingerprint density at radius 2 is 1.79 bits per heavy atom. The zero-order valence-corrected chi connectivity index (χ0v) is 13.9. The highest BCUT2D eigenvalue weighted by atomic mass is 79.9. The number of rotatable bonds is 4. The summed E-state index contributed by atoms with van der Waals surface area (Å²) >= 11 is 3.55. The van der Waals surface area contributed by atoms with Gasteiger partial charge in [-0.25, -0.2) is 0 Å². The molecule has 0 aromatic heterocycles. The highest BCUT2D eigenvalue weighted by Gasteiger charge is 2.24. The second-order valence-electron chi connectivity index (χ2n) is 6.30. The first-order chi connectivity index (χ1) is 9.06. The third kappa shape index (κ3) is 4.32. The van der Waals surface area contributed by atoms with Crippen molar-refractivity contribution in [3.63, 3.8) is 0 Å². The van der Waals surface area contributed by atoms with Crippen molar-refractivity contribution in [3.8, 4) is 0 Å². The Bertz CT molecular complexity index is 394. The predicted octanol–water partition coefficient (Wildman–Crippen LogP) is 5.31. The summed E-state index contributed by atoms with van der Waals surface area (Å²) in [7, 11) is 0. The minimum absolute atomic E-state index is 0.443. The van der Waals surface area contributed by atoms with Gasteiger partial charge in [0.15, 0.2) is 0 Å². The highest BCUT2D eigenvalue weighted by Crippen LogP contribution is 2.31. The average molecular weight is 324 g/mol. The van der Waals surface area contributed by atoms with Crippen LogP contribution in [0.15, 0.2) is 28.7 Å². The van der Waals surface area contributed by atoms with Crippen molar-refractivity contribution in [2.24, 2.45) is 11.8 Å². The summed E-state index contributed by atoms with van der Waals surface area (Å²) in [4.78, 5) is 0. The molecule has 1 aliphatic rings. The van der Waals surface area contributed by atoms with Gasteiger partial charge < -0.3 is 5.32 Å². The van der Waals surface area contributed by atoms with Gasteiger partial charge in [-0.1, -0.05) is 41.9 Å². The Kier molecular flexibility index (Phi) is 5.47. The molecule has 1 atom stereocenters. The van der Waals surface area contributed by atoms with Gasteiger partial charge in [-0.15, -0.1) is 0 Å². The molecule has 1 saturated carbocycles. The molecule has 1 N–H and O–H groups in total. The van der Waals surface area contributed by atoms with Gasteiger partial charge in [0.25, 0.3) is 0 Å². The maximum atomic E-state index is 3.80. The standard InChI is InChI=1S/C17H26BrN/c1-12(2)14-7-9-17(10-8-14)19-13(3)15-5-4-6-16(18)11-15/h4-6,11-14,17,19H,7-10H2,1-3H3/t13-,14?,17?/m1/s1. The fraction of sp³-hybridized carbons (Fsp3) is 0.647. The molecule has 19 heavy (non-hydrogen) atoms. The maximum Gasteiger partial charge on any atom is 0.0294 e. The number of hydrogen-bond acceptors (Lipinski definition) is 1. The van der Waals surface area contributed by atoms with Gasteiger partial charge >= 0.3 is 0 Å². The molecule has 1 fully saturated rings. The van der Waals surface area contributed by atoms with Crippen LogP contribution in [0.4, 0.5) is 0 Å². The van der Waals surface area contributed by atoms with Crippen LogP contribution in [0.1, 0.15) is 58.1 Å². The minimum atomic E-state index is 0.443. The van der Waals surface area contributed by atoms with Gasteiger partial charge in [-0.05, 0) is 62.1 Å². The Hall–Kier alpha value is -0.340. The van der Waals surface area contributed by atoms with E-state index < -0.39 is 0 Å². The highest BCUT2D eigenvalue weighted by molar-refractivity contribution is 9.10. The molecule has 0 spiro atoms. The monoisotopic (exact) mass is 323 g/mol. The van der Waals surface area contributed by atoms with Gasteiger partial charge in [-0.3, -0.25) is 0 Å². The van der Waals surface area contributed by atoms with Crippen molar-refractivity contribution in [3.05, 3.63) is 34.3 Å². The molecule has 1 aliphatic carbocycles.